The molecule has 0 rings (SSSR count). The molecule has 0 saturated carbocycles. The van der Waals surface area contributed by atoms with E-state index in [4.69, 9.17) is 6.42 Å². The number of unbranched alkanes of at least 4 members (excludes halogenated alkanes) is 2. The molecule has 15 heavy (non-hydrogen) atoms. The van der Waals surface area contributed by atoms with Gasteiger partial charge in [0.05, 0.1) is 0 Å². The van der Waals surface area contributed by atoms with Crippen LogP contribution in [0.1, 0.15) is 32.6 Å². The van der Waals surface area contributed by atoms with Crippen molar-refractivity contribution >= 4 is 5.97 Å². The van der Waals surface area contributed by atoms with Gasteiger partial charge in [-0.05, 0) is 12.8 Å². The normalized spacial score (nSPS) is 13.0. The maximum Gasteiger partial charge on any atom is 0.490 e. The molecule has 0 saturated heterocycles. The van der Waals surface area contributed by atoms with Crippen molar-refractivity contribution in [3.8, 4) is 12.3 Å². The van der Waals surface area contributed by atoms with Crippen LogP contribution in [0.5, 0.6) is 0 Å². The quantitative estimate of drug-likeness (QED) is 0.406. The van der Waals surface area contributed by atoms with Crippen molar-refractivity contribution in [2.75, 3.05) is 0 Å². The van der Waals surface area contributed by atoms with Gasteiger partial charge in [0.25, 0.3) is 0 Å². The molecule has 0 aliphatic carbocycles. The van der Waals surface area contributed by atoms with Gasteiger partial charge >= 0.3 is 12.1 Å². The Labute approximate surface area is 86.8 Å². The van der Waals surface area contributed by atoms with Crippen LogP contribution in [0, 0.1) is 12.3 Å². The summed E-state index contributed by atoms with van der Waals surface area (Å²) in [6.07, 6.45) is 1.59. The summed E-state index contributed by atoms with van der Waals surface area (Å²) < 4.78 is 39.5. The molecule has 0 fully saturated rings. The second-order valence-electron chi connectivity index (χ2n) is 3.05. The molecule has 0 heterocycles. The molecule has 0 aliphatic heterocycles. The summed E-state index contributed by atoms with van der Waals surface area (Å²) in [5, 5.41) is 0. The van der Waals surface area contributed by atoms with Crippen molar-refractivity contribution in [3.05, 3.63) is 0 Å². The molecule has 0 aromatic rings. The molecule has 0 aromatic heterocycles. The van der Waals surface area contributed by atoms with Gasteiger partial charge in [0.2, 0.25) is 0 Å². The standard InChI is InChI=1S/C10H13F3O2/c1-3-5-6-7-8(4-2)15-9(14)10(11,12)13/h2,8H,3,5-7H2,1H3/t8-/m0/s1. The lowest BCUT2D eigenvalue weighted by molar-refractivity contribution is -0.202. The average Bonchev–Trinajstić information content (AvgIpc) is 2.14. The van der Waals surface area contributed by atoms with Gasteiger partial charge in [-0.3, -0.25) is 0 Å². The van der Waals surface area contributed by atoms with Crippen molar-refractivity contribution in [2.45, 2.75) is 44.9 Å². The number of alkyl halides is 3. The van der Waals surface area contributed by atoms with Gasteiger partial charge in [-0.25, -0.2) is 4.79 Å². The van der Waals surface area contributed by atoms with Crippen LogP contribution in [0.2, 0.25) is 0 Å². The Hall–Kier alpha value is -1.18. The first-order valence-electron chi connectivity index (χ1n) is 4.65. The van der Waals surface area contributed by atoms with E-state index in [1.165, 1.54) is 0 Å². The highest BCUT2D eigenvalue weighted by Gasteiger charge is 2.42. The molecule has 0 spiro atoms. The Morgan fingerprint density at radius 2 is 2.07 bits per heavy atom. The van der Waals surface area contributed by atoms with Gasteiger partial charge in [0, 0.05) is 0 Å². The van der Waals surface area contributed by atoms with Crippen molar-refractivity contribution in [2.24, 2.45) is 0 Å². The van der Waals surface area contributed by atoms with E-state index in [9.17, 15) is 18.0 Å². The summed E-state index contributed by atoms with van der Waals surface area (Å²) in [5.74, 6) is -0.200. The number of rotatable bonds is 5. The highest BCUT2D eigenvalue weighted by molar-refractivity contribution is 5.76. The third-order valence-electron chi connectivity index (χ3n) is 1.74. The first-order chi connectivity index (χ1) is 6.91. The summed E-state index contributed by atoms with van der Waals surface area (Å²) >= 11 is 0. The molecule has 0 radical (unpaired) electrons. The third kappa shape index (κ3) is 6.00. The predicted octanol–water partition coefficient (Wildman–Crippen LogP) is 2.67. The Balaban J connectivity index is 4.01. The molecule has 0 unspecified atom stereocenters. The largest absolute Gasteiger partial charge is 0.490 e. The van der Waals surface area contributed by atoms with Crippen molar-refractivity contribution in [1.29, 1.82) is 0 Å². The summed E-state index contributed by atoms with van der Waals surface area (Å²) in [6, 6.07) is 0. The minimum atomic E-state index is -4.97. The summed E-state index contributed by atoms with van der Waals surface area (Å²) in [7, 11) is 0. The molecule has 5 heteroatoms. The van der Waals surface area contributed by atoms with Crippen molar-refractivity contribution in [1.82, 2.24) is 0 Å². The first-order valence-corrected chi connectivity index (χ1v) is 4.65. The zero-order chi connectivity index (χ0) is 11.9. The Morgan fingerprint density at radius 3 is 2.47 bits per heavy atom. The highest BCUT2D eigenvalue weighted by Crippen LogP contribution is 2.18. The number of hydrogen-bond donors (Lipinski definition) is 0. The smallest absolute Gasteiger partial charge is 0.443 e. The van der Waals surface area contributed by atoms with Crippen LogP contribution in [0.3, 0.4) is 0 Å². The Bertz CT molecular complexity index is 240. The number of terminal acetylenes is 1. The van der Waals surface area contributed by atoms with E-state index in [0.717, 1.165) is 12.8 Å². The van der Waals surface area contributed by atoms with E-state index in [0.29, 0.717) is 6.42 Å². The van der Waals surface area contributed by atoms with E-state index in [2.05, 4.69) is 4.74 Å². The van der Waals surface area contributed by atoms with Gasteiger partial charge in [0.1, 0.15) is 0 Å². The number of ether oxygens (including phenoxy) is 1. The van der Waals surface area contributed by atoms with Crippen molar-refractivity contribution in [3.63, 3.8) is 0 Å². The Morgan fingerprint density at radius 1 is 1.47 bits per heavy atom. The van der Waals surface area contributed by atoms with Crippen molar-refractivity contribution < 1.29 is 22.7 Å². The number of hydrogen-bond acceptors (Lipinski definition) is 2. The lowest BCUT2D eigenvalue weighted by atomic mass is 10.1. The molecule has 0 N–H and O–H groups in total. The number of halogens is 3. The lowest BCUT2D eigenvalue weighted by Gasteiger charge is -2.13. The van der Waals surface area contributed by atoms with Crippen LogP contribution in [0.25, 0.3) is 0 Å². The van der Waals surface area contributed by atoms with E-state index in [1.54, 1.807) is 0 Å². The van der Waals surface area contributed by atoms with E-state index >= 15 is 0 Å². The first kappa shape index (κ1) is 13.8. The van der Waals surface area contributed by atoms with Gasteiger partial charge in [0.15, 0.2) is 6.10 Å². The third-order valence-corrected chi connectivity index (χ3v) is 1.74. The monoisotopic (exact) mass is 222 g/mol. The van der Waals surface area contributed by atoms with Gasteiger partial charge in [-0.1, -0.05) is 25.7 Å². The van der Waals surface area contributed by atoms with Gasteiger partial charge in [-0.15, -0.1) is 6.42 Å². The molecule has 0 amide bonds. The molecule has 2 nitrogen and oxygen atoms in total. The van der Waals surface area contributed by atoms with Gasteiger partial charge in [-0.2, -0.15) is 13.2 Å². The fraction of sp³-hybridized carbons (Fsp3) is 0.700. The SMILES string of the molecule is C#C[C@@H](CCCCC)OC(=O)C(F)(F)F. The number of esters is 1. The Kier molecular flexibility index (Phi) is 5.83. The number of carbonyl (C=O) groups is 1. The van der Waals surface area contributed by atoms with E-state index < -0.39 is 18.2 Å². The predicted molar refractivity (Wildman–Crippen MR) is 48.9 cm³/mol. The molecule has 0 bridgehead atoms. The van der Waals surface area contributed by atoms with Crippen LogP contribution in [-0.4, -0.2) is 18.2 Å². The minimum absolute atomic E-state index is 0.270. The van der Waals surface area contributed by atoms with Crippen LogP contribution >= 0.6 is 0 Å². The van der Waals surface area contributed by atoms with Crippen LogP contribution in [-0.2, 0) is 9.53 Å². The zero-order valence-corrected chi connectivity index (χ0v) is 8.43. The second kappa shape index (κ2) is 6.33. The van der Waals surface area contributed by atoms with Crippen LogP contribution in [0.15, 0.2) is 0 Å². The lowest BCUT2D eigenvalue weighted by Crippen LogP contribution is -2.29. The molecular weight excluding hydrogens is 209 g/mol. The van der Waals surface area contributed by atoms with E-state index in [1.807, 2.05) is 12.8 Å². The molecule has 0 aliphatic rings. The number of carbonyl (C=O) groups excluding carboxylic acids is 1. The topological polar surface area (TPSA) is 26.3 Å². The zero-order valence-electron chi connectivity index (χ0n) is 8.43. The van der Waals surface area contributed by atoms with Crippen LogP contribution < -0.4 is 0 Å². The summed E-state index contributed by atoms with van der Waals surface area (Å²) in [4.78, 5) is 10.4. The van der Waals surface area contributed by atoms with Gasteiger partial charge < -0.3 is 4.74 Å². The maximum absolute atomic E-state index is 11.8. The molecule has 1 atom stereocenters. The molecule has 86 valence electrons. The maximum atomic E-state index is 11.8. The summed E-state index contributed by atoms with van der Waals surface area (Å²) in [5.41, 5.74) is 0. The highest BCUT2D eigenvalue weighted by atomic mass is 19.4. The minimum Gasteiger partial charge on any atom is -0.443 e. The average molecular weight is 222 g/mol. The fourth-order valence-electron chi connectivity index (χ4n) is 0.952. The molecular formula is C10H13F3O2. The van der Waals surface area contributed by atoms with Crippen LogP contribution in [0.4, 0.5) is 13.2 Å². The summed E-state index contributed by atoms with van der Waals surface area (Å²) in [6.45, 7) is 1.95. The second-order valence-corrected chi connectivity index (χ2v) is 3.05. The molecule has 0 aromatic carbocycles. The van der Waals surface area contributed by atoms with E-state index in [-0.39, 0.29) is 6.42 Å². The fourth-order valence-corrected chi connectivity index (χ4v) is 0.952.